The molecule has 2 rings (SSSR count). The Morgan fingerprint density at radius 1 is 0.810 bits per heavy atom. The number of hydrogen-bond acceptors (Lipinski definition) is 0. The lowest BCUT2D eigenvalue weighted by molar-refractivity contribution is 0.576. The lowest BCUT2D eigenvalue weighted by Gasteiger charge is -2.07. The molecule has 113 valence electrons. The summed E-state index contributed by atoms with van der Waals surface area (Å²) in [5, 5.41) is 2.66. The van der Waals surface area contributed by atoms with Gasteiger partial charge in [0.2, 0.25) is 0 Å². The van der Waals surface area contributed by atoms with Crippen LogP contribution in [0.4, 0.5) is 0 Å². The van der Waals surface area contributed by atoms with Crippen LogP contribution in [-0.4, -0.2) is 0 Å². The van der Waals surface area contributed by atoms with Crippen LogP contribution in [0.25, 0.3) is 10.8 Å². The molecule has 0 aliphatic carbocycles. The van der Waals surface area contributed by atoms with Crippen molar-refractivity contribution >= 4 is 10.8 Å². The van der Waals surface area contributed by atoms with Gasteiger partial charge in [-0.1, -0.05) is 82.2 Å². The molecule has 0 aromatic heterocycles. The molecule has 21 heavy (non-hydrogen) atoms. The highest BCUT2D eigenvalue weighted by Crippen LogP contribution is 2.21. The molecule has 0 fully saturated rings. The van der Waals surface area contributed by atoms with Crippen molar-refractivity contribution in [3.63, 3.8) is 0 Å². The fourth-order valence-corrected chi connectivity index (χ4v) is 3.02. The molecule has 0 aliphatic rings. The van der Waals surface area contributed by atoms with Crippen molar-refractivity contribution in [3.8, 4) is 0 Å². The van der Waals surface area contributed by atoms with Gasteiger partial charge in [0.1, 0.15) is 0 Å². The Hall–Kier alpha value is -1.30. The Labute approximate surface area is 130 Å². The van der Waals surface area contributed by atoms with Crippen molar-refractivity contribution in [1.29, 1.82) is 0 Å². The second kappa shape index (κ2) is 8.87. The third-order valence-corrected chi connectivity index (χ3v) is 4.32. The molecule has 0 bridgehead atoms. The molecule has 0 amide bonds. The summed E-state index contributed by atoms with van der Waals surface area (Å²) in [5.41, 5.74) is 2.72. The average Bonchev–Trinajstić information content (AvgIpc) is 2.50. The summed E-state index contributed by atoms with van der Waals surface area (Å²) in [6, 6.07) is 14.6. The minimum Gasteiger partial charge on any atom is -0.0654 e. The van der Waals surface area contributed by atoms with E-state index >= 15 is 0 Å². The second-order valence-corrected chi connectivity index (χ2v) is 6.25. The number of aryl methyl sites for hydroxylation is 2. The monoisotopic (exact) mass is 281 g/mol. The maximum Gasteiger partial charge on any atom is -0.00643 e. The smallest absolute Gasteiger partial charge is 0.00643 e. The predicted molar refractivity (Wildman–Crippen MR) is 93.8 cm³/mol. The summed E-state index contributed by atoms with van der Waals surface area (Å²) in [5.74, 6) is 0. The molecular formula is C21H29. The summed E-state index contributed by atoms with van der Waals surface area (Å²) in [6.07, 6.45) is 12.3. The fraction of sp³-hybridized carbons (Fsp3) is 0.524. The molecule has 0 aliphatic heterocycles. The Bertz CT molecular complexity index is 539. The van der Waals surface area contributed by atoms with Crippen molar-refractivity contribution in [2.24, 2.45) is 0 Å². The Morgan fingerprint density at radius 3 is 2.29 bits per heavy atom. The quantitative estimate of drug-likeness (QED) is 0.452. The van der Waals surface area contributed by atoms with Gasteiger partial charge >= 0.3 is 0 Å². The molecule has 0 N–H and O–H groups in total. The molecule has 0 heteroatoms. The number of fused-ring (bicyclic) bond motifs is 1. The maximum atomic E-state index is 3.53. The molecule has 0 unspecified atom stereocenters. The van der Waals surface area contributed by atoms with Crippen LogP contribution < -0.4 is 0 Å². The van der Waals surface area contributed by atoms with Crippen molar-refractivity contribution < 1.29 is 0 Å². The topological polar surface area (TPSA) is 0 Å². The van der Waals surface area contributed by atoms with E-state index in [9.17, 15) is 0 Å². The maximum absolute atomic E-state index is 3.53. The predicted octanol–water partition coefficient (Wildman–Crippen LogP) is 6.63. The first-order valence-corrected chi connectivity index (χ1v) is 8.72. The van der Waals surface area contributed by atoms with E-state index in [2.05, 4.69) is 50.2 Å². The van der Waals surface area contributed by atoms with E-state index in [0.29, 0.717) is 0 Å². The molecule has 2 aromatic carbocycles. The number of rotatable bonds is 9. The zero-order valence-electron chi connectivity index (χ0n) is 13.8. The van der Waals surface area contributed by atoms with Gasteiger partial charge in [0, 0.05) is 0 Å². The van der Waals surface area contributed by atoms with Gasteiger partial charge in [-0.25, -0.2) is 0 Å². The molecule has 0 saturated carbocycles. The van der Waals surface area contributed by atoms with Gasteiger partial charge in [-0.15, -0.1) is 0 Å². The Balaban J connectivity index is 1.77. The van der Waals surface area contributed by atoms with Crippen LogP contribution >= 0.6 is 0 Å². The van der Waals surface area contributed by atoms with E-state index in [1.807, 2.05) is 0 Å². The molecule has 0 nitrogen and oxygen atoms in total. The van der Waals surface area contributed by atoms with E-state index in [4.69, 9.17) is 0 Å². The Morgan fingerprint density at radius 2 is 1.52 bits per heavy atom. The summed E-state index contributed by atoms with van der Waals surface area (Å²) in [4.78, 5) is 0. The lowest BCUT2D eigenvalue weighted by Crippen LogP contribution is -1.89. The number of unbranched alkanes of at least 4 members (excludes halogenated alkanes) is 7. The van der Waals surface area contributed by atoms with E-state index in [-0.39, 0.29) is 0 Å². The van der Waals surface area contributed by atoms with Crippen LogP contribution in [0.1, 0.15) is 69.4 Å². The van der Waals surface area contributed by atoms with Crippen molar-refractivity contribution in [1.82, 2.24) is 0 Å². The number of hydrogen-bond donors (Lipinski definition) is 0. The van der Waals surface area contributed by atoms with E-state index in [0.717, 1.165) is 0 Å². The van der Waals surface area contributed by atoms with Gasteiger partial charge in [0.05, 0.1) is 0 Å². The minimum absolute atomic E-state index is 1.20. The van der Waals surface area contributed by atoms with Gasteiger partial charge in [-0.05, 0) is 47.7 Å². The van der Waals surface area contributed by atoms with Crippen LogP contribution in [0, 0.1) is 13.0 Å². The summed E-state index contributed by atoms with van der Waals surface area (Å²) >= 11 is 0. The lowest BCUT2D eigenvalue weighted by atomic mass is 9.98. The van der Waals surface area contributed by atoms with Gasteiger partial charge in [0.15, 0.2) is 0 Å². The Kier molecular flexibility index (Phi) is 6.79. The molecule has 1 radical (unpaired) electrons. The minimum atomic E-state index is 1.20. The first-order valence-electron chi connectivity index (χ1n) is 8.72. The van der Waals surface area contributed by atoms with E-state index in [1.165, 1.54) is 79.7 Å². The third kappa shape index (κ3) is 5.19. The summed E-state index contributed by atoms with van der Waals surface area (Å²) in [7, 11) is 0. The van der Waals surface area contributed by atoms with Gasteiger partial charge in [0.25, 0.3) is 0 Å². The van der Waals surface area contributed by atoms with Crippen LogP contribution in [0.5, 0.6) is 0 Å². The first kappa shape index (κ1) is 16.1. The summed E-state index contributed by atoms with van der Waals surface area (Å²) < 4.78 is 0. The average molecular weight is 281 g/mol. The number of benzene rings is 2. The fourth-order valence-electron chi connectivity index (χ4n) is 3.02. The molecule has 0 atom stereocenters. The highest BCUT2D eigenvalue weighted by Gasteiger charge is 2.01. The van der Waals surface area contributed by atoms with Gasteiger partial charge < -0.3 is 0 Å². The molecule has 0 spiro atoms. The largest absolute Gasteiger partial charge is 0.0654 e. The van der Waals surface area contributed by atoms with Crippen molar-refractivity contribution in [3.05, 3.63) is 47.5 Å². The van der Waals surface area contributed by atoms with Crippen LogP contribution in [0.2, 0.25) is 0 Å². The van der Waals surface area contributed by atoms with Crippen molar-refractivity contribution in [2.75, 3.05) is 0 Å². The second-order valence-electron chi connectivity index (χ2n) is 6.25. The normalized spacial score (nSPS) is 11.1. The molecular weight excluding hydrogens is 252 g/mol. The van der Waals surface area contributed by atoms with Crippen LogP contribution in [0.3, 0.4) is 0 Å². The zero-order chi connectivity index (χ0) is 14.9. The molecule has 2 aromatic rings. The molecule has 0 saturated heterocycles. The zero-order valence-corrected chi connectivity index (χ0v) is 13.8. The first-order chi connectivity index (χ1) is 10.3. The molecule has 0 heterocycles. The SMILES string of the molecule is CCCCCCCCCCc1cccc2ccc(C)[c]c12. The van der Waals surface area contributed by atoms with E-state index < -0.39 is 0 Å². The van der Waals surface area contributed by atoms with Gasteiger partial charge in [-0.2, -0.15) is 0 Å². The highest BCUT2D eigenvalue weighted by molar-refractivity contribution is 5.85. The van der Waals surface area contributed by atoms with Crippen LogP contribution in [0.15, 0.2) is 30.3 Å². The standard InChI is InChI=1S/C21H29/c1-3-4-5-6-7-8-9-10-12-19-13-11-14-20-16-15-18(2)17-21(19)20/h11,13-16H,3-10,12H2,1-2H3. The third-order valence-electron chi connectivity index (χ3n) is 4.32. The van der Waals surface area contributed by atoms with Crippen LogP contribution in [-0.2, 0) is 6.42 Å². The van der Waals surface area contributed by atoms with Crippen molar-refractivity contribution in [2.45, 2.75) is 71.6 Å². The van der Waals surface area contributed by atoms with E-state index in [1.54, 1.807) is 0 Å². The van der Waals surface area contributed by atoms with Gasteiger partial charge in [-0.3, -0.25) is 0 Å². The highest BCUT2D eigenvalue weighted by atomic mass is 14.1. The summed E-state index contributed by atoms with van der Waals surface area (Å²) in [6.45, 7) is 4.41.